The molecule has 3 rings (SSSR count). The number of H-pyrrole nitrogens is 1. The molecule has 0 aliphatic carbocycles. The van der Waals surface area contributed by atoms with Crippen LogP contribution in [0, 0.1) is 5.82 Å². The molecule has 2 N–H and O–H groups in total. The molecule has 0 radical (unpaired) electrons. The number of halogens is 2. The number of aromatic nitrogens is 2. The van der Waals surface area contributed by atoms with E-state index in [0.29, 0.717) is 5.52 Å². The second-order valence-electron chi connectivity index (χ2n) is 4.05. The van der Waals surface area contributed by atoms with Crippen LogP contribution in [0.25, 0.3) is 11.0 Å². The second kappa shape index (κ2) is 3.82. The fourth-order valence-electron chi connectivity index (χ4n) is 2.14. The van der Waals surface area contributed by atoms with Crippen LogP contribution in [-0.2, 0) is 0 Å². The summed E-state index contributed by atoms with van der Waals surface area (Å²) in [6.07, 6.45) is 2.20. The number of nitrogens with one attached hydrogen (secondary N) is 2. The topological polar surface area (TPSA) is 40.7 Å². The highest BCUT2D eigenvalue weighted by atomic mass is 79.9. The van der Waals surface area contributed by atoms with Gasteiger partial charge in [-0.2, -0.15) is 0 Å². The van der Waals surface area contributed by atoms with Crippen LogP contribution in [0.2, 0.25) is 0 Å². The standard InChI is InChI=1S/C11H11BrFN3/c12-6-4-7(13)10-9(5-6)15-11(16-10)8-2-1-3-14-8/h4-5,8,14H,1-3H2,(H,15,16)/t8-/m0/s1. The summed E-state index contributed by atoms with van der Waals surface area (Å²) < 4.78 is 14.3. The average molecular weight is 284 g/mol. The van der Waals surface area contributed by atoms with Gasteiger partial charge in [0.1, 0.15) is 11.3 Å². The molecular weight excluding hydrogens is 273 g/mol. The van der Waals surface area contributed by atoms with Gasteiger partial charge in [0, 0.05) is 4.47 Å². The number of hydrogen-bond donors (Lipinski definition) is 2. The lowest BCUT2D eigenvalue weighted by molar-refractivity contribution is 0.611. The molecule has 0 bridgehead atoms. The number of nitrogens with zero attached hydrogens (tertiary/aromatic N) is 1. The van der Waals surface area contributed by atoms with Crippen LogP contribution in [0.3, 0.4) is 0 Å². The van der Waals surface area contributed by atoms with Crippen molar-refractivity contribution in [2.75, 3.05) is 6.54 Å². The van der Waals surface area contributed by atoms with Crippen LogP contribution in [0.5, 0.6) is 0 Å². The van der Waals surface area contributed by atoms with E-state index < -0.39 is 0 Å². The number of benzene rings is 1. The van der Waals surface area contributed by atoms with E-state index in [9.17, 15) is 4.39 Å². The van der Waals surface area contributed by atoms with Crippen molar-refractivity contribution in [3.8, 4) is 0 Å². The predicted molar refractivity (Wildman–Crippen MR) is 63.7 cm³/mol. The molecule has 2 heterocycles. The summed E-state index contributed by atoms with van der Waals surface area (Å²) in [5, 5.41) is 3.34. The summed E-state index contributed by atoms with van der Waals surface area (Å²) in [5.41, 5.74) is 1.17. The van der Waals surface area contributed by atoms with Crippen LogP contribution < -0.4 is 5.32 Å². The van der Waals surface area contributed by atoms with Crippen molar-refractivity contribution in [3.05, 3.63) is 28.2 Å². The zero-order chi connectivity index (χ0) is 11.1. The van der Waals surface area contributed by atoms with E-state index in [2.05, 4.69) is 31.2 Å². The third-order valence-corrected chi connectivity index (χ3v) is 3.37. The van der Waals surface area contributed by atoms with Crippen molar-refractivity contribution in [1.29, 1.82) is 0 Å². The molecule has 0 amide bonds. The molecule has 3 nitrogen and oxygen atoms in total. The number of rotatable bonds is 1. The predicted octanol–water partition coefficient (Wildman–Crippen LogP) is 2.89. The zero-order valence-corrected chi connectivity index (χ0v) is 10.1. The molecule has 1 atom stereocenters. The first-order valence-electron chi connectivity index (χ1n) is 5.32. The molecule has 1 saturated heterocycles. The van der Waals surface area contributed by atoms with Crippen LogP contribution in [-0.4, -0.2) is 16.5 Å². The van der Waals surface area contributed by atoms with Gasteiger partial charge in [-0.15, -0.1) is 0 Å². The van der Waals surface area contributed by atoms with E-state index in [4.69, 9.17) is 0 Å². The molecule has 1 aliphatic heterocycles. The van der Waals surface area contributed by atoms with E-state index in [0.717, 1.165) is 35.2 Å². The maximum atomic E-state index is 13.6. The van der Waals surface area contributed by atoms with Gasteiger partial charge < -0.3 is 10.3 Å². The van der Waals surface area contributed by atoms with Gasteiger partial charge >= 0.3 is 0 Å². The minimum atomic E-state index is -0.287. The number of aromatic amines is 1. The minimum Gasteiger partial charge on any atom is -0.341 e. The first kappa shape index (κ1) is 10.2. The summed E-state index contributed by atoms with van der Waals surface area (Å²) in [7, 11) is 0. The Kier molecular flexibility index (Phi) is 2.44. The molecule has 1 aliphatic rings. The fourth-order valence-corrected chi connectivity index (χ4v) is 2.57. The first-order chi connectivity index (χ1) is 7.74. The zero-order valence-electron chi connectivity index (χ0n) is 8.56. The first-order valence-corrected chi connectivity index (χ1v) is 6.11. The van der Waals surface area contributed by atoms with Crippen LogP contribution >= 0.6 is 15.9 Å². The van der Waals surface area contributed by atoms with Crippen molar-refractivity contribution in [2.45, 2.75) is 18.9 Å². The van der Waals surface area contributed by atoms with E-state index in [-0.39, 0.29) is 11.9 Å². The van der Waals surface area contributed by atoms with Crippen LogP contribution in [0.15, 0.2) is 16.6 Å². The summed E-state index contributed by atoms with van der Waals surface area (Å²) in [4.78, 5) is 7.50. The Morgan fingerprint density at radius 1 is 1.44 bits per heavy atom. The molecule has 1 aromatic carbocycles. The molecule has 1 aromatic heterocycles. The van der Waals surface area contributed by atoms with Crippen LogP contribution in [0.4, 0.5) is 4.39 Å². The Balaban J connectivity index is 2.11. The Morgan fingerprint density at radius 2 is 2.31 bits per heavy atom. The van der Waals surface area contributed by atoms with Gasteiger partial charge in [0.15, 0.2) is 5.82 Å². The van der Waals surface area contributed by atoms with Gasteiger partial charge in [-0.05, 0) is 31.5 Å². The number of imidazole rings is 1. The van der Waals surface area contributed by atoms with Gasteiger partial charge in [0.2, 0.25) is 0 Å². The molecule has 0 saturated carbocycles. The fraction of sp³-hybridized carbons (Fsp3) is 0.364. The Labute approximate surface area is 101 Å². The minimum absolute atomic E-state index is 0.241. The highest BCUT2D eigenvalue weighted by molar-refractivity contribution is 9.10. The largest absolute Gasteiger partial charge is 0.341 e. The van der Waals surface area contributed by atoms with Crippen molar-refractivity contribution >= 4 is 27.0 Å². The maximum Gasteiger partial charge on any atom is 0.152 e. The summed E-state index contributed by atoms with van der Waals surface area (Å²) in [6.45, 7) is 1.01. The summed E-state index contributed by atoms with van der Waals surface area (Å²) in [6, 6.07) is 3.53. The van der Waals surface area contributed by atoms with Crippen molar-refractivity contribution in [2.24, 2.45) is 0 Å². The lowest BCUT2D eigenvalue weighted by atomic mass is 10.2. The van der Waals surface area contributed by atoms with Crippen molar-refractivity contribution < 1.29 is 4.39 Å². The van der Waals surface area contributed by atoms with Gasteiger partial charge in [0.25, 0.3) is 0 Å². The highest BCUT2D eigenvalue weighted by Crippen LogP contribution is 2.26. The molecule has 84 valence electrons. The van der Waals surface area contributed by atoms with Crippen molar-refractivity contribution in [1.82, 2.24) is 15.3 Å². The summed E-state index contributed by atoms with van der Waals surface area (Å²) in [5.74, 6) is 0.550. The van der Waals surface area contributed by atoms with Gasteiger partial charge in [0.05, 0.1) is 11.6 Å². The lowest BCUT2D eigenvalue weighted by Gasteiger charge is -2.04. The van der Waals surface area contributed by atoms with Crippen LogP contribution in [0.1, 0.15) is 24.7 Å². The Bertz CT molecular complexity index is 531. The Morgan fingerprint density at radius 3 is 3.06 bits per heavy atom. The molecule has 2 aromatic rings. The van der Waals surface area contributed by atoms with E-state index in [1.54, 1.807) is 0 Å². The molecule has 16 heavy (non-hydrogen) atoms. The quantitative estimate of drug-likeness (QED) is 0.845. The monoisotopic (exact) mass is 283 g/mol. The highest BCUT2D eigenvalue weighted by Gasteiger charge is 2.20. The maximum absolute atomic E-state index is 13.6. The van der Waals surface area contributed by atoms with Gasteiger partial charge in [-0.3, -0.25) is 0 Å². The average Bonchev–Trinajstić information content (AvgIpc) is 2.82. The second-order valence-corrected chi connectivity index (χ2v) is 4.97. The third-order valence-electron chi connectivity index (χ3n) is 2.91. The number of fused-ring (bicyclic) bond motifs is 1. The lowest BCUT2D eigenvalue weighted by Crippen LogP contribution is -2.14. The molecular formula is C11H11BrFN3. The molecule has 0 spiro atoms. The normalized spacial score (nSPS) is 20.8. The Hall–Kier alpha value is -0.940. The van der Waals surface area contributed by atoms with E-state index in [1.807, 2.05) is 6.07 Å². The van der Waals surface area contributed by atoms with Gasteiger partial charge in [-0.25, -0.2) is 9.37 Å². The SMILES string of the molecule is Fc1cc(Br)cc2[nH]c([C@@H]3CCCN3)nc12. The van der Waals surface area contributed by atoms with E-state index in [1.165, 1.54) is 6.07 Å². The molecule has 0 unspecified atom stereocenters. The number of hydrogen-bond acceptors (Lipinski definition) is 2. The third kappa shape index (κ3) is 1.64. The smallest absolute Gasteiger partial charge is 0.152 e. The van der Waals surface area contributed by atoms with Crippen molar-refractivity contribution in [3.63, 3.8) is 0 Å². The van der Waals surface area contributed by atoms with Gasteiger partial charge in [-0.1, -0.05) is 15.9 Å². The molecule has 1 fully saturated rings. The molecule has 5 heteroatoms. The summed E-state index contributed by atoms with van der Waals surface area (Å²) >= 11 is 3.27. The van der Waals surface area contributed by atoms with E-state index >= 15 is 0 Å².